The smallest absolute Gasteiger partial charge is 0.191 e. The number of rotatable bonds is 5. The van der Waals surface area contributed by atoms with E-state index in [0.717, 1.165) is 25.6 Å². The summed E-state index contributed by atoms with van der Waals surface area (Å²) in [5.74, 6) is 1.54. The molecule has 0 aliphatic rings. The van der Waals surface area contributed by atoms with E-state index in [-0.39, 0.29) is 0 Å². The van der Waals surface area contributed by atoms with Gasteiger partial charge in [-0.15, -0.1) is 11.3 Å². The molecule has 0 aromatic carbocycles. The second-order valence-electron chi connectivity index (χ2n) is 4.50. The molecule has 0 unspecified atom stereocenters. The number of nitrogens with one attached hydrogen (secondary N) is 2. The van der Waals surface area contributed by atoms with E-state index in [9.17, 15) is 0 Å². The van der Waals surface area contributed by atoms with Gasteiger partial charge in [0.2, 0.25) is 0 Å². The minimum Gasteiger partial charge on any atom is -0.357 e. The fraction of sp³-hybridized carbons (Fsp3) is 0.615. The maximum atomic E-state index is 4.59. The Balaban J connectivity index is 2.54. The van der Waals surface area contributed by atoms with Crippen LogP contribution >= 0.6 is 11.3 Å². The van der Waals surface area contributed by atoms with Crippen molar-refractivity contribution in [2.24, 2.45) is 10.9 Å². The van der Waals surface area contributed by atoms with Gasteiger partial charge in [-0.05, 0) is 36.8 Å². The highest BCUT2D eigenvalue weighted by atomic mass is 32.1. The molecular formula is C13H23N3S. The van der Waals surface area contributed by atoms with Crippen molar-refractivity contribution < 1.29 is 0 Å². The van der Waals surface area contributed by atoms with Crippen LogP contribution in [0.25, 0.3) is 0 Å². The molecule has 96 valence electrons. The van der Waals surface area contributed by atoms with Gasteiger partial charge in [-0.2, -0.15) is 0 Å². The molecule has 0 saturated heterocycles. The summed E-state index contributed by atoms with van der Waals surface area (Å²) >= 11 is 1.77. The third-order valence-corrected chi connectivity index (χ3v) is 3.38. The topological polar surface area (TPSA) is 36.4 Å². The van der Waals surface area contributed by atoms with Gasteiger partial charge >= 0.3 is 0 Å². The van der Waals surface area contributed by atoms with Crippen LogP contribution in [0.2, 0.25) is 0 Å². The lowest BCUT2D eigenvalue weighted by molar-refractivity contribution is 0.615. The Labute approximate surface area is 108 Å². The summed E-state index contributed by atoms with van der Waals surface area (Å²) in [5.41, 5.74) is 1.33. The first kappa shape index (κ1) is 14.0. The van der Waals surface area contributed by atoms with E-state index in [1.165, 1.54) is 10.4 Å². The average molecular weight is 253 g/mol. The molecule has 0 amide bonds. The quantitative estimate of drug-likeness (QED) is 0.625. The van der Waals surface area contributed by atoms with Crippen molar-refractivity contribution in [1.29, 1.82) is 0 Å². The largest absolute Gasteiger partial charge is 0.357 e. The fourth-order valence-electron chi connectivity index (χ4n) is 1.36. The van der Waals surface area contributed by atoms with Crippen LogP contribution in [-0.2, 0) is 6.54 Å². The summed E-state index contributed by atoms with van der Waals surface area (Å²) in [6, 6.07) is 2.14. The minimum atomic E-state index is 0.627. The van der Waals surface area contributed by atoms with E-state index in [0.29, 0.717) is 5.92 Å². The summed E-state index contributed by atoms with van der Waals surface area (Å²) in [7, 11) is 0. The summed E-state index contributed by atoms with van der Waals surface area (Å²) < 4.78 is 0. The number of aliphatic imine (C=N–C) groups is 1. The highest BCUT2D eigenvalue weighted by molar-refractivity contribution is 7.10. The van der Waals surface area contributed by atoms with Gasteiger partial charge in [0.1, 0.15) is 0 Å². The highest BCUT2D eigenvalue weighted by Gasteiger charge is 2.01. The normalized spacial score (nSPS) is 11.9. The number of thiophene rings is 1. The molecule has 3 nitrogen and oxygen atoms in total. The molecule has 0 aliphatic heterocycles. The molecule has 0 spiro atoms. The molecule has 1 aromatic heterocycles. The van der Waals surface area contributed by atoms with Crippen LogP contribution in [-0.4, -0.2) is 19.0 Å². The van der Waals surface area contributed by atoms with Gasteiger partial charge in [0.25, 0.3) is 0 Å². The monoisotopic (exact) mass is 253 g/mol. The average Bonchev–Trinajstić information content (AvgIpc) is 2.68. The maximum Gasteiger partial charge on any atom is 0.191 e. The first-order valence-corrected chi connectivity index (χ1v) is 7.06. The molecule has 2 N–H and O–H groups in total. The van der Waals surface area contributed by atoms with Gasteiger partial charge < -0.3 is 10.6 Å². The molecule has 1 aromatic rings. The molecule has 1 rings (SSSR count). The zero-order valence-corrected chi connectivity index (χ0v) is 12.0. The zero-order valence-electron chi connectivity index (χ0n) is 11.2. The van der Waals surface area contributed by atoms with Crippen molar-refractivity contribution in [1.82, 2.24) is 10.6 Å². The van der Waals surface area contributed by atoms with Crippen molar-refractivity contribution in [3.63, 3.8) is 0 Å². The van der Waals surface area contributed by atoms with Gasteiger partial charge in [-0.3, -0.25) is 0 Å². The number of guanidine groups is 1. The first-order chi connectivity index (χ1) is 8.13. The predicted octanol–water partition coefficient (Wildman–Crippen LogP) is 2.77. The molecule has 0 aliphatic carbocycles. The van der Waals surface area contributed by atoms with Crippen molar-refractivity contribution in [2.45, 2.75) is 34.2 Å². The van der Waals surface area contributed by atoms with Crippen LogP contribution in [0.5, 0.6) is 0 Å². The van der Waals surface area contributed by atoms with Crippen molar-refractivity contribution >= 4 is 17.3 Å². The van der Waals surface area contributed by atoms with Gasteiger partial charge in [0.05, 0.1) is 6.54 Å². The van der Waals surface area contributed by atoms with Crippen LogP contribution in [0.4, 0.5) is 0 Å². The number of hydrogen-bond acceptors (Lipinski definition) is 2. The number of hydrogen-bond donors (Lipinski definition) is 2. The first-order valence-electron chi connectivity index (χ1n) is 6.18. The zero-order chi connectivity index (χ0) is 12.7. The SMILES string of the molecule is CCNC(=NCc1sccc1C)NCC(C)C. The summed E-state index contributed by atoms with van der Waals surface area (Å²) in [6.07, 6.45) is 0. The van der Waals surface area contributed by atoms with E-state index in [1.54, 1.807) is 11.3 Å². The van der Waals surface area contributed by atoms with Crippen LogP contribution in [0.3, 0.4) is 0 Å². The van der Waals surface area contributed by atoms with Crippen LogP contribution < -0.4 is 10.6 Å². The van der Waals surface area contributed by atoms with Gasteiger partial charge in [-0.1, -0.05) is 13.8 Å². The van der Waals surface area contributed by atoms with Crippen molar-refractivity contribution in [2.75, 3.05) is 13.1 Å². The molecule has 0 atom stereocenters. The summed E-state index contributed by atoms with van der Waals surface area (Å²) in [4.78, 5) is 5.93. The Morgan fingerprint density at radius 1 is 1.41 bits per heavy atom. The van der Waals surface area contributed by atoms with Crippen molar-refractivity contribution in [3.8, 4) is 0 Å². The Hall–Kier alpha value is -1.03. The molecule has 17 heavy (non-hydrogen) atoms. The van der Waals surface area contributed by atoms with E-state index in [1.807, 2.05) is 0 Å². The van der Waals surface area contributed by atoms with Crippen LogP contribution in [0.1, 0.15) is 31.2 Å². The van der Waals surface area contributed by atoms with Crippen LogP contribution in [0.15, 0.2) is 16.4 Å². The van der Waals surface area contributed by atoms with E-state index in [4.69, 9.17) is 0 Å². The second-order valence-corrected chi connectivity index (χ2v) is 5.50. The molecule has 0 bridgehead atoms. The lowest BCUT2D eigenvalue weighted by atomic mass is 10.2. The Kier molecular flexibility index (Phi) is 6.05. The number of aryl methyl sites for hydroxylation is 1. The lowest BCUT2D eigenvalue weighted by Crippen LogP contribution is -2.39. The summed E-state index contributed by atoms with van der Waals surface area (Å²) in [6.45, 7) is 11.2. The minimum absolute atomic E-state index is 0.627. The highest BCUT2D eigenvalue weighted by Crippen LogP contribution is 2.16. The van der Waals surface area contributed by atoms with E-state index >= 15 is 0 Å². The molecule has 4 heteroatoms. The molecular weight excluding hydrogens is 230 g/mol. The molecule has 0 fully saturated rings. The number of nitrogens with zero attached hydrogens (tertiary/aromatic N) is 1. The van der Waals surface area contributed by atoms with Gasteiger partial charge in [0, 0.05) is 18.0 Å². The van der Waals surface area contributed by atoms with Gasteiger partial charge in [-0.25, -0.2) is 4.99 Å². The lowest BCUT2D eigenvalue weighted by Gasteiger charge is -2.12. The molecule has 0 radical (unpaired) electrons. The van der Waals surface area contributed by atoms with E-state index < -0.39 is 0 Å². The standard InChI is InChI=1S/C13H23N3S/c1-5-14-13(15-8-10(2)3)16-9-12-11(4)6-7-17-12/h6-7,10H,5,8-9H2,1-4H3,(H2,14,15,16). The third kappa shape index (κ3) is 5.22. The molecule has 1 heterocycles. The fourth-order valence-corrected chi connectivity index (χ4v) is 2.19. The second kappa shape index (κ2) is 7.33. The Morgan fingerprint density at radius 3 is 2.71 bits per heavy atom. The van der Waals surface area contributed by atoms with Crippen molar-refractivity contribution in [3.05, 3.63) is 21.9 Å². The summed E-state index contributed by atoms with van der Waals surface area (Å²) in [5, 5.41) is 8.73. The maximum absolute atomic E-state index is 4.59. The van der Waals surface area contributed by atoms with Crippen LogP contribution in [0, 0.1) is 12.8 Å². The Bertz CT molecular complexity index is 355. The van der Waals surface area contributed by atoms with Gasteiger partial charge in [0.15, 0.2) is 5.96 Å². The van der Waals surface area contributed by atoms with E-state index in [2.05, 4.69) is 54.8 Å². The predicted molar refractivity (Wildman–Crippen MR) is 76.7 cm³/mol. The third-order valence-electron chi connectivity index (χ3n) is 2.37. The Morgan fingerprint density at radius 2 is 2.18 bits per heavy atom. The molecule has 0 saturated carbocycles.